The summed E-state index contributed by atoms with van der Waals surface area (Å²) in [5.74, 6) is -1.79. The number of alkyl halides is 3. The van der Waals surface area contributed by atoms with Crippen molar-refractivity contribution in [2.75, 3.05) is 0 Å². The number of nitrogens with one attached hydrogen (secondary N) is 1. The average Bonchev–Trinajstić information content (AvgIpc) is 2.90. The van der Waals surface area contributed by atoms with Crippen LogP contribution in [0, 0.1) is 0 Å². The first-order valence-electron chi connectivity index (χ1n) is 6.18. The maximum atomic E-state index is 12.4. The van der Waals surface area contributed by atoms with E-state index in [1.54, 1.807) is 0 Å². The molecule has 0 aliphatic rings. The molecule has 0 fully saturated rings. The van der Waals surface area contributed by atoms with Gasteiger partial charge in [-0.05, 0) is 12.1 Å². The summed E-state index contributed by atoms with van der Waals surface area (Å²) in [6, 6.07) is 1.71. The Morgan fingerprint density at radius 2 is 2.04 bits per heavy atom. The summed E-state index contributed by atoms with van der Waals surface area (Å²) in [4.78, 5) is 25.7. The fourth-order valence-electron chi connectivity index (χ4n) is 1.59. The van der Waals surface area contributed by atoms with Crippen LogP contribution in [0.4, 0.5) is 13.2 Å². The number of carboxylic acid groups (broad SMARTS) is 1. The van der Waals surface area contributed by atoms with Gasteiger partial charge in [0, 0.05) is 6.20 Å². The fraction of sp³-hybridized carbons (Fsp3) is 0.250. The number of carboxylic acids is 1. The van der Waals surface area contributed by atoms with E-state index < -0.39 is 23.6 Å². The van der Waals surface area contributed by atoms with Crippen LogP contribution in [0.3, 0.4) is 0 Å². The second-order valence-corrected chi connectivity index (χ2v) is 4.41. The molecule has 2 rings (SSSR count). The third-order valence-electron chi connectivity index (χ3n) is 2.64. The Morgan fingerprint density at radius 1 is 1.30 bits per heavy atom. The third kappa shape index (κ3) is 4.49. The van der Waals surface area contributed by atoms with Crippen molar-refractivity contribution < 1.29 is 27.9 Å². The van der Waals surface area contributed by atoms with Crippen LogP contribution in [0.1, 0.15) is 21.7 Å². The molecule has 122 valence electrons. The number of rotatable bonds is 5. The van der Waals surface area contributed by atoms with Crippen LogP contribution in [0.2, 0.25) is 0 Å². The molecule has 0 spiro atoms. The lowest BCUT2D eigenvalue weighted by atomic mass is 10.2. The van der Waals surface area contributed by atoms with Crippen LogP contribution >= 0.6 is 0 Å². The molecule has 0 atom stereocenters. The zero-order valence-corrected chi connectivity index (χ0v) is 11.4. The Kier molecular flexibility index (Phi) is 4.57. The predicted octanol–water partition coefficient (Wildman–Crippen LogP) is 0.707. The Bertz CT molecular complexity index is 711. The van der Waals surface area contributed by atoms with Gasteiger partial charge in [0.25, 0.3) is 5.91 Å². The van der Waals surface area contributed by atoms with E-state index in [1.165, 1.54) is 6.20 Å². The summed E-state index contributed by atoms with van der Waals surface area (Å²) in [5.41, 5.74) is -0.840. The maximum Gasteiger partial charge on any atom is 0.417 e. The number of halogens is 3. The van der Waals surface area contributed by atoms with Gasteiger partial charge in [-0.1, -0.05) is 5.21 Å². The molecule has 0 aliphatic heterocycles. The Balaban J connectivity index is 1.94. The van der Waals surface area contributed by atoms with E-state index in [0.717, 1.165) is 16.8 Å². The molecule has 23 heavy (non-hydrogen) atoms. The second-order valence-electron chi connectivity index (χ2n) is 4.41. The molecule has 0 saturated carbocycles. The smallest absolute Gasteiger partial charge is 0.417 e. The number of carbonyl (C=O) groups excluding carboxylic acids is 1. The second kappa shape index (κ2) is 6.42. The van der Waals surface area contributed by atoms with Crippen LogP contribution in [-0.2, 0) is 24.1 Å². The van der Waals surface area contributed by atoms with Crippen molar-refractivity contribution in [3.63, 3.8) is 0 Å². The summed E-state index contributed by atoms with van der Waals surface area (Å²) in [6.45, 7) is -0.442. The average molecular weight is 329 g/mol. The van der Waals surface area contributed by atoms with Crippen molar-refractivity contribution in [2.24, 2.45) is 0 Å². The van der Waals surface area contributed by atoms with Gasteiger partial charge in [0.15, 0.2) is 0 Å². The van der Waals surface area contributed by atoms with E-state index in [1.807, 2.05) is 0 Å². The predicted molar refractivity (Wildman–Crippen MR) is 68.1 cm³/mol. The Morgan fingerprint density at radius 3 is 2.61 bits per heavy atom. The van der Waals surface area contributed by atoms with E-state index in [4.69, 9.17) is 5.11 Å². The molecule has 0 aliphatic carbocycles. The highest BCUT2D eigenvalue weighted by atomic mass is 19.4. The van der Waals surface area contributed by atoms with Crippen molar-refractivity contribution >= 4 is 11.9 Å². The van der Waals surface area contributed by atoms with Gasteiger partial charge in [-0.2, -0.15) is 13.2 Å². The first-order valence-corrected chi connectivity index (χ1v) is 6.18. The highest BCUT2D eigenvalue weighted by Crippen LogP contribution is 2.28. The number of carbonyl (C=O) groups is 2. The molecule has 11 heteroatoms. The highest BCUT2D eigenvalue weighted by Gasteiger charge is 2.30. The molecule has 0 bridgehead atoms. The van der Waals surface area contributed by atoms with E-state index in [-0.39, 0.29) is 18.8 Å². The number of amides is 1. The first-order chi connectivity index (χ1) is 10.8. The molecule has 0 aromatic carbocycles. The van der Waals surface area contributed by atoms with Gasteiger partial charge in [-0.3, -0.25) is 14.6 Å². The summed E-state index contributed by atoms with van der Waals surface area (Å²) < 4.78 is 38.2. The van der Waals surface area contributed by atoms with Gasteiger partial charge < -0.3 is 10.4 Å². The lowest BCUT2D eigenvalue weighted by Crippen LogP contribution is -2.24. The van der Waals surface area contributed by atoms with Gasteiger partial charge in [0.1, 0.15) is 17.9 Å². The molecular weight excluding hydrogens is 319 g/mol. The Hall–Kier alpha value is -2.98. The Labute approximate surface area is 126 Å². The maximum absolute atomic E-state index is 12.4. The number of aliphatic carboxylic acids is 1. The third-order valence-corrected chi connectivity index (χ3v) is 2.64. The largest absolute Gasteiger partial charge is 0.480 e. The molecule has 1 amide bonds. The molecule has 0 unspecified atom stereocenters. The molecule has 2 aromatic heterocycles. The van der Waals surface area contributed by atoms with Gasteiger partial charge in [0.05, 0.1) is 18.3 Å². The standard InChI is InChI=1S/C12H10F3N5O3/c13-12(14,15)7-1-2-9(16-3-7)11(23)17-4-8-5-20(19-18-8)6-10(21)22/h1-3,5H,4,6H2,(H,17,23)(H,21,22). The van der Waals surface area contributed by atoms with E-state index in [9.17, 15) is 22.8 Å². The number of pyridine rings is 1. The number of hydrogen-bond donors (Lipinski definition) is 2. The van der Waals surface area contributed by atoms with Crippen LogP contribution in [0.15, 0.2) is 24.5 Å². The molecule has 2 aromatic rings. The monoisotopic (exact) mass is 329 g/mol. The molecule has 2 heterocycles. The van der Waals surface area contributed by atoms with Crippen LogP contribution in [0.5, 0.6) is 0 Å². The minimum absolute atomic E-state index is 0.0683. The minimum Gasteiger partial charge on any atom is -0.480 e. The van der Waals surface area contributed by atoms with E-state index in [2.05, 4.69) is 20.6 Å². The lowest BCUT2D eigenvalue weighted by molar-refractivity contribution is -0.138. The summed E-state index contributed by atoms with van der Waals surface area (Å²) in [5, 5.41) is 18.2. The number of hydrogen-bond acceptors (Lipinski definition) is 5. The van der Waals surface area contributed by atoms with Crippen LogP contribution < -0.4 is 5.32 Å². The SMILES string of the molecule is O=C(O)Cn1cc(CNC(=O)c2ccc(C(F)(F)F)cn2)nn1. The van der Waals surface area contributed by atoms with Crippen LogP contribution in [-0.4, -0.2) is 37.0 Å². The summed E-state index contributed by atoms with van der Waals surface area (Å²) >= 11 is 0. The summed E-state index contributed by atoms with van der Waals surface area (Å²) in [6.07, 6.45) is -2.63. The van der Waals surface area contributed by atoms with Gasteiger partial charge in [-0.25, -0.2) is 4.68 Å². The zero-order valence-electron chi connectivity index (χ0n) is 11.4. The lowest BCUT2D eigenvalue weighted by Gasteiger charge is -2.06. The van der Waals surface area contributed by atoms with Gasteiger partial charge in [0.2, 0.25) is 0 Å². The zero-order chi connectivity index (χ0) is 17.0. The molecule has 8 nitrogen and oxygen atoms in total. The van der Waals surface area contributed by atoms with Gasteiger partial charge >= 0.3 is 12.1 Å². The number of aromatic nitrogens is 4. The van der Waals surface area contributed by atoms with Crippen LogP contribution in [0.25, 0.3) is 0 Å². The molecule has 2 N–H and O–H groups in total. The molecule has 0 radical (unpaired) electrons. The molecule has 0 saturated heterocycles. The van der Waals surface area contributed by atoms with Crippen molar-refractivity contribution in [2.45, 2.75) is 19.3 Å². The summed E-state index contributed by atoms with van der Waals surface area (Å²) in [7, 11) is 0. The highest BCUT2D eigenvalue weighted by molar-refractivity contribution is 5.92. The normalized spacial score (nSPS) is 11.3. The van der Waals surface area contributed by atoms with Crippen molar-refractivity contribution in [1.82, 2.24) is 25.3 Å². The topological polar surface area (TPSA) is 110 Å². The van der Waals surface area contributed by atoms with Crippen molar-refractivity contribution in [1.29, 1.82) is 0 Å². The number of nitrogens with zero attached hydrogens (tertiary/aromatic N) is 4. The van der Waals surface area contributed by atoms with Gasteiger partial charge in [-0.15, -0.1) is 5.10 Å². The van der Waals surface area contributed by atoms with Crippen molar-refractivity contribution in [3.05, 3.63) is 41.5 Å². The molecular formula is C12H10F3N5O3. The van der Waals surface area contributed by atoms with Crippen molar-refractivity contribution in [3.8, 4) is 0 Å². The first kappa shape index (κ1) is 16.4. The van der Waals surface area contributed by atoms with E-state index in [0.29, 0.717) is 11.9 Å². The fourth-order valence-corrected chi connectivity index (χ4v) is 1.59. The minimum atomic E-state index is -4.52. The van der Waals surface area contributed by atoms with E-state index >= 15 is 0 Å². The quantitative estimate of drug-likeness (QED) is 0.836.